The van der Waals surface area contributed by atoms with Crippen molar-refractivity contribution in [3.63, 3.8) is 0 Å². The van der Waals surface area contributed by atoms with Crippen molar-refractivity contribution in [3.05, 3.63) is 46.5 Å². The maximum Gasteiger partial charge on any atom is 0.245 e. The number of H-pyrrole nitrogens is 1. The highest BCUT2D eigenvalue weighted by Gasteiger charge is 2.23. The topological polar surface area (TPSA) is 76.7 Å². The third-order valence-electron chi connectivity index (χ3n) is 3.92. The summed E-state index contributed by atoms with van der Waals surface area (Å²) in [6.07, 6.45) is 6.66. The second-order valence-corrected chi connectivity index (χ2v) is 6.08. The third kappa shape index (κ3) is 4.51. The minimum atomic E-state index is -0.618. The van der Waals surface area contributed by atoms with Crippen molar-refractivity contribution < 1.29 is 4.79 Å². The van der Waals surface area contributed by atoms with Crippen LogP contribution in [0.25, 0.3) is 0 Å². The van der Waals surface area contributed by atoms with Crippen molar-refractivity contribution in [3.8, 4) is 0 Å². The highest BCUT2D eigenvalue weighted by molar-refractivity contribution is 7.71. The summed E-state index contributed by atoms with van der Waals surface area (Å²) in [5.74, 6) is 0.361. The van der Waals surface area contributed by atoms with Crippen LogP contribution in [0.1, 0.15) is 56.5 Å². The number of carbonyl (C=O) groups is 1. The molecule has 0 radical (unpaired) electrons. The first-order chi connectivity index (χ1) is 11.1. The van der Waals surface area contributed by atoms with Gasteiger partial charge in [0.15, 0.2) is 4.77 Å². The molecular weight excluding hydrogens is 308 g/mol. The Balaban J connectivity index is 2.21. The Morgan fingerprint density at radius 1 is 1.26 bits per heavy atom. The molecule has 6 heteroatoms. The number of nitrogens with zero attached hydrogens (tertiary/aromatic N) is 2. The Labute approximate surface area is 141 Å². The molecule has 1 atom stereocenters. The Hall–Kier alpha value is -1.95. The molecule has 5 nitrogen and oxygen atoms in total. The lowest BCUT2D eigenvalue weighted by Crippen LogP contribution is -2.29. The number of hydrogen-bond acceptors (Lipinski definition) is 3. The number of carbonyl (C=O) groups excluding carboxylic acids is 1. The molecule has 0 aliphatic rings. The second-order valence-electron chi connectivity index (χ2n) is 5.69. The number of primary amides is 1. The summed E-state index contributed by atoms with van der Waals surface area (Å²) in [4.78, 5) is 12.0. The molecular formula is C17H24N4OS. The van der Waals surface area contributed by atoms with Crippen LogP contribution in [0.4, 0.5) is 0 Å². The molecule has 0 saturated carbocycles. The zero-order valence-electron chi connectivity index (χ0n) is 13.5. The number of aromatic amines is 1. The highest BCUT2D eigenvalue weighted by atomic mass is 32.1. The predicted octanol–water partition coefficient (Wildman–Crippen LogP) is 3.53. The number of unbranched alkanes of at least 4 members (excludes halogenated alkanes) is 4. The van der Waals surface area contributed by atoms with Crippen LogP contribution in [0.15, 0.2) is 30.3 Å². The summed E-state index contributed by atoms with van der Waals surface area (Å²) in [6, 6.07) is 8.83. The molecule has 0 saturated heterocycles. The summed E-state index contributed by atoms with van der Waals surface area (Å²) in [5, 5.41) is 7.10. The zero-order chi connectivity index (χ0) is 16.7. The average molecular weight is 332 g/mol. The maximum absolute atomic E-state index is 12.0. The first kappa shape index (κ1) is 17.4. The number of nitrogens with two attached hydrogens (primary N) is 1. The molecule has 0 spiro atoms. The average Bonchev–Trinajstić information content (AvgIpc) is 2.89. The van der Waals surface area contributed by atoms with Gasteiger partial charge in [-0.2, -0.15) is 5.10 Å². The van der Waals surface area contributed by atoms with Crippen molar-refractivity contribution in [2.45, 2.75) is 51.5 Å². The van der Waals surface area contributed by atoms with E-state index in [1.165, 1.54) is 19.3 Å². The molecule has 2 aromatic rings. The van der Waals surface area contributed by atoms with Crippen molar-refractivity contribution in [2.24, 2.45) is 5.73 Å². The van der Waals surface area contributed by atoms with E-state index in [1.54, 1.807) is 4.57 Å². The van der Waals surface area contributed by atoms with Gasteiger partial charge in [0.05, 0.1) is 0 Å². The largest absolute Gasteiger partial charge is 0.368 e. The molecule has 1 aromatic heterocycles. The fourth-order valence-electron chi connectivity index (χ4n) is 2.74. The molecule has 2 rings (SSSR count). The Morgan fingerprint density at radius 2 is 1.96 bits per heavy atom. The molecule has 23 heavy (non-hydrogen) atoms. The SMILES string of the molecule is CCCCCCCc1n[nH]c(=S)n1C(C(N)=O)c1ccccc1. The van der Waals surface area contributed by atoms with Crippen molar-refractivity contribution in [1.29, 1.82) is 0 Å². The van der Waals surface area contributed by atoms with E-state index in [2.05, 4.69) is 17.1 Å². The van der Waals surface area contributed by atoms with Gasteiger partial charge in [0, 0.05) is 6.42 Å². The van der Waals surface area contributed by atoms with Gasteiger partial charge in [-0.3, -0.25) is 14.5 Å². The van der Waals surface area contributed by atoms with E-state index in [-0.39, 0.29) is 0 Å². The van der Waals surface area contributed by atoms with Crippen LogP contribution < -0.4 is 5.73 Å². The molecule has 1 amide bonds. The quantitative estimate of drug-likeness (QED) is 0.545. The Morgan fingerprint density at radius 3 is 2.61 bits per heavy atom. The van der Waals surface area contributed by atoms with Gasteiger partial charge in [-0.1, -0.05) is 62.9 Å². The molecule has 124 valence electrons. The van der Waals surface area contributed by atoms with Crippen LogP contribution in [-0.4, -0.2) is 20.7 Å². The van der Waals surface area contributed by atoms with E-state index < -0.39 is 11.9 Å². The number of benzene rings is 1. The zero-order valence-corrected chi connectivity index (χ0v) is 14.3. The Kier molecular flexibility index (Phi) is 6.52. The molecule has 0 fully saturated rings. The fourth-order valence-corrected chi connectivity index (χ4v) is 3.00. The lowest BCUT2D eigenvalue weighted by atomic mass is 10.1. The van der Waals surface area contributed by atoms with Gasteiger partial charge in [-0.15, -0.1) is 0 Å². The lowest BCUT2D eigenvalue weighted by Gasteiger charge is -2.17. The minimum absolute atomic E-state index is 0.430. The van der Waals surface area contributed by atoms with E-state index in [9.17, 15) is 4.79 Å². The first-order valence-electron chi connectivity index (χ1n) is 8.15. The van der Waals surface area contributed by atoms with Gasteiger partial charge < -0.3 is 5.73 Å². The van der Waals surface area contributed by atoms with E-state index in [4.69, 9.17) is 18.0 Å². The molecule has 0 bridgehead atoms. The number of aromatic nitrogens is 3. The monoisotopic (exact) mass is 332 g/mol. The van der Waals surface area contributed by atoms with Crippen LogP contribution in [0.3, 0.4) is 0 Å². The van der Waals surface area contributed by atoms with Gasteiger partial charge in [0.1, 0.15) is 11.9 Å². The van der Waals surface area contributed by atoms with E-state index >= 15 is 0 Å². The molecule has 0 aliphatic carbocycles. The Bertz CT molecular complexity index is 677. The first-order valence-corrected chi connectivity index (χ1v) is 8.56. The summed E-state index contributed by atoms with van der Waals surface area (Å²) in [5.41, 5.74) is 6.47. The molecule has 1 unspecified atom stereocenters. The van der Waals surface area contributed by atoms with Crippen LogP contribution in [0.5, 0.6) is 0 Å². The lowest BCUT2D eigenvalue weighted by molar-refractivity contribution is -0.120. The second kappa shape index (κ2) is 8.62. The van der Waals surface area contributed by atoms with Crippen LogP contribution >= 0.6 is 12.2 Å². The van der Waals surface area contributed by atoms with Gasteiger partial charge >= 0.3 is 0 Å². The number of nitrogens with one attached hydrogen (secondary N) is 1. The molecule has 1 aromatic carbocycles. The van der Waals surface area contributed by atoms with Gasteiger partial charge in [-0.05, 0) is 24.2 Å². The summed E-state index contributed by atoms with van der Waals surface area (Å²) in [7, 11) is 0. The van der Waals surface area contributed by atoms with Gasteiger partial charge in [0.25, 0.3) is 0 Å². The van der Waals surface area contributed by atoms with Crippen LogP contribution in [0.2, 0.25) is 0 Å². The minimum Gasteiger partial charge on any atom is -0.368 e. The fraction of sp³-hybridized carbons (Fsp3) is 0.471. The standard InChI is InChI=1S/C17H24N4OS/c1-2-3-4-5-9-12-14-19-20-17(23)21(14)15(16(18)22)13-10-7-6-8-11-13/h6-8,10-11,15H,2-5,9,12H2,1H3,(H2,18,22)(H,20,23). The van der Waals surface area contributed by atoms with Crippen LogP contribution in [-0.2, 0) is 11.2 Å². The molecule has 3 N–H and O–H groups in total. The maximum atomic E-state index is 12.0. The summed E-state index contributed by atoms with van der Waals surface area (Å²) in [6.45, 7) is 2.20. The highest BCUT2D eigenvalue weighted by Crippen LogP contribution is 2.21. The van der Waals surface area contributed by atoms with E-state index in [1.807, 2.05) is 30.3 Å². The van der Waals surface area contributed by atoms with Crippen molar-refractivity contribution >= 4 is 18.1 Å². The van der Waals surface area contributed by atoms with E-state index in [0.717, 1.165) is 30.7 Å². The van der Waals surface area contributed by atoms with Crippen molar-refractivity contribution in [1.82, 2.24) is 14.8 Å². The van der Waals surface area contributed by atoms with E-state index in [0.29, 0.717) is 4.77 Å². The smallest absolute Gasteiger partial charge is 0.245 e. The van der Waals surface area contributed by atoms with Crippen molar-refractivity contribution in [2.75, 3.05) is 0 Å². The number of hydrogen-bond donors (Lipinski definition) is 2. The summed E-state index contributed by atoms with van der Waals surface area (Å²) >= 11 is 5.33. The molecule has 0 aliphatic heterocycles. The molecule has 1 heterocycles. The number of aryl methyl sites for hydroxylation is 1. The van der Waals surface area contributed by atoms with Gasteiger partial charge in [-0.25, -0.2) is 0 Å². The van der Waals surface area contributed by atoms with Crippen LogP contribution in [0, 0.1) is 4.77 Å². The van der Waals surface area contributed by atoms with Gasteiger partial charge in [0.2, 0.25) is 5.91 Å². The summed E-state index contributed by atoms with van der Waals surface area (Å²) < 4.78 is 2.19. The number of rotatable bonds is 9. The number of amides is 1. The third-order valence-corrected chi connectivity index (χ3v) is 4.21. The normalized spacial score (nSPS) is 12.2. The predicted molar refractivity (Wildman–Crippen MR) is 93.7 cm³/mol.